The van der Waals surface area contributed by atoms with Gasteiger partial charge in [0.05, 0.1) is 23.0 Å². The SMILES string of the molecule is CCCCC(CN)NC(=O)c1cnn(-c2ccc(C(F)(F)F)cn2)c1C(C)C.Cl. The number of rotatable bonds is 8. The second-order valence-electron chi connectivity index (χ2n) is 6.96. The van der Waals surface area contributed by atoms with Crippen LogP contribution in [0.5, 0.6) is 0 Å². The molecule has 0 spiro atoms. The minimum absolute atomic E-state index is 0. The van der Waals surface area contributed by atoms with E-state index in [2.05, 4.69) is 22.3 Å². The molecule has 0 aliphatic rings. The Morgan fingerprint density at radius 3 is 2.45 bits per heavy atom. The smallest absolute Gasteiger partial charge is 0.348 e. The molecule has 0 aromatic carbocycles. The van der Waals surface area contributed by atoms with Crippen molar-refractivity contribution in [3.05, 3.63) is 41.3 Å². The van der Waals surface area contributed by atoms with E-state index in [0.717, 1.165) is 31.5 Å². The zero-order valence-electron chi connectivity index (χ0n) is 16.7. The predicted molar refractivity (Wildman–Crippen MR) is 108 cm³/mol. The number of amides is 1. The summed E-state index contributed by atoms with van der Waals surface area (Å²) in [5.74, 6) is -0.176. The maximum Gasteiger partial charge on any atom is 0.417 e. The number of aromatic nitrogens is 3. The van der Waals surface area contributed by atoms with Crippen molar-refractivity contribution in [3.63, 3.8) is 0 Å². The molecule has 2 heterocycles. The Hall–Kier alpha value is -2.13. The summed E-state index contributed by atoms with van der Waals surface area (Å²) in [6, 6.07) is 2.05. The number of nitrogens with one attached hydrogen (secondary N) is 1. The van der Waals surface area contributed by atoms with Gasteiger partial charge in [-0.3, -0.25) is 4.79 Å². The van der Waals surface area contributed by atoms with Gasteiger partial charge in [-0.15, -0.1) is 12.4 Å². The topological polar surface area (TPSA) is 85.8 Å². The van der Waals surface area contributed by atoms with Crippen LogP contribution in [0.2, 0.25) is 0 Å². The number of unbranched alkanes of at least 4 members (excludes halogenated alkanes) is 1. The van der Waals surface area contributed by atoms with E-state index in [9.17, 15) is 18.0 Å². The first-order chi connectivity index (χ1) is 13.2. The first-order valence-electron chi connectivity index (χ1n) is 9.31. The number of nitrogens with two attached hydrogens (primary N) is 1. The number of nitrogens with zero attached hydrogens (tertiary/aromatic N) is 3. The van der Waals surface area contributed by atoms with Crippen LogP contribution in [0.1, 0.15) is 67.6 Å². The van der Waals surface area contributed by atoms with Crippen LogP contribution in [0.15, 0.2) is 24.5 Å². The van der Waals surface area contributed by atoms with Crippen LogP contribution in [0.4, 0.5) is 13.2 Å². The van der Waals surface area contributed by atoms with Crippen LogP contribution < -0.4 is 11.1 Å². The summed E-state index contributed by atoms with van der Waals surface area (Å²) in [6.07, 6.45) is 0.449. The summed E-state index contributed by atoms with van der Waals surface area (Å²) in [5.41, 5.74) is 5.85. The lowest BCUT2D eigenvalue weighted by Gasteiger charge is -2.17. The quantitative estimate of drug-likeness (QED) is 0.656. The van der Waals surface area contributed by atoms with Gasteiger partial charge in [-0.2, -0.15) is 18.3 Å². The van der Waals surface area contributed by atoms with Gasteiger partial charge in [0.2, 0.25) is 0 Å². The molecular formula is C19H27ClF3N5O. The number of hydrogen-bond acceptors (Lipinski definition) is 4. The molecule has 0 aliphatic heterocycles. The van der Waals surface area contributed by atoms with E-state index in [1.807, 2.05) is 13.8 Å². The molecule has 6 nitrogen and oxygen atoms in total. The summed E-state index contributed by atoms with van der Waals surface area (Å²) in [5, 5.41) is 7.12. The van der Waals surface area contributed by atoms with Crippen molar-refractivity contribution in [1.29, 1.82) is 0 Å². The van der Waals surface area contributed by atoms with E-state index in [-0.39, 0.29) is 36.1 Å². The van der Waals surface area contributed by atoms with Gasteiger partial charge >= 0.3 is 6.18 Å². The summed E-state index contributed by atoms with van der Waals surface area (Å²) in [6.45, 7) is 6.16. The van der Waals surface area contributed by atoms with E-state index in [0.29, 0.717) is 17.8 Å². The Balaban J connectivity index is 0.00000420. The number of halogens is 4. The number of pyridine rings is 1. The minimum atomic E-state index is -4.46. The fourth-order valence-corrected chi connectivity index (χ4v) is 2.91. The van der Waals surface area contributed by atoms with Crippen LogP contribution in [0.3, 0.4) is 0 Å². The Morgan fingerprint density at radius 1 is 1.28 bits per heavy atom. The molecule has 2 rings (SSSR count). The number of carbonyl (C=O) groups is 1. The molecule has 1 amide bonds. The van der Waals surface area contributed by atoms with Crippen LogP contribution in [-0.4, -0.2) is 33.3 Å². The molecule has 0 radical (unpaired) electrons. The molecule has 0 aliphatic carbocycles. The minimum Gasteiger partial charge on any atom is -0.348 e. The zero-order valence-corrected chi connectivity index (χ0v) is 17.5. The van der Waals surface area contributed by atoms with Crippen molar-refractivity contribution in [3.8, 4) is 5.82 Å². The molecule has 3 N–H and O–H groups in total. The lowest BCUT2D eigenvalue weighted by Crippen LogP contribution is -2.40. The van der Waals surface area contributed by atoms with Crippen LogP contribution >= 0.6 is 12.4 Å². The monoisotopic (exact) mass is 433 g/mol. The molecule has 29 heavy (non-hydrogen) atoms. The molecule has 0 saturated carbocycles. The summed E-state index contributed by atoms with van der Waals surface area (Å²) < 4.78 is 39.7. The summed E-state index contributed by atoms with van der Waals surface area (Å²) in [4.78, 5) is 16.6. The lowest BCUT2D eigenvalue weighted by molar-refractivity contribution is -0.137. The number of alkyl halides is 3. The molecule has 2 aromatic rings. The highest BCUT2D eigenvalue weighted by Crippen LogP contribution is 2.29. The third-order valence-electron chi connectivity index (χ3n) is 4.42. The van der Waals surface area contributed by atoms with Crippen LogP contribution in [0, 0.1) is 0 Å². The standard InChI is InChI=1S/C19H26F3N5O.ClH/c1-4-5-6-14(9-23)26-18(28)15-11-25-27(17(15)12(2)3)16-8-7-13(10-24-16)19(20,21)22;/h7-8,10-12,14H,4-6,9,23H2,1-3H3,(H,26,28);1H. The molecule has 0 saturated heterocycles. The van der Waals surface area contributed by atoms with Crippen molar-refractivity contribution < 1.29 is 18.0 Å². The van der Waals surface area contributed by atoms with Crippen molar-refractivity contribution in [2.75, 3.05) is 6.54 Å². The Bertz CT molecular complexity index is 790. The zero-order chi connectivity index (χ0) is 20.9. The van der Waals surface area contributed by atoms with Gasteiger partial charge in [0.25, 0.3) is 5.91 Å². The van der Waals surface area contributed by atoms with Gasteiger partial charge in [0, 0.05) is 18.8 Å². The maximum atomic E-state index is 12.8. The second-order valence-corrected chi connectivity index (χ2v) is 6.96. The molecule has 162 valence electrons. The van der Waals surface area contributed by atoms with Crippen molar-refractivity contribution in [2.45, 2.75) is 58.2 Å². The normalized spacial score (nSPS) is 12.6. The van der Waals surface area contributed by atoms with E-state index in [4.69, 9.17) is 5.73 Å². The molecule has 0 bridgehead atoms. The fourth-order valence-electron chi connectivity index (χ4n) is 2.91. The summed E-state index contributed by atoms with van der Waals surface area (Å²) in [7, 11) is 0. The molecular weight excluding hydrogens is 407 g/mol. The predicted octanol–water partition coefficient (Wildman–Crippen LogP) is 4.08. The third-order valence-corrected chi connectivity index (χ3v) is 4.42. The van der Waals surface area contributed by atoms with Gasteiger partial charge in [-0.25, -0.2) is 9.67 Å². The van der Waals surface area contributed by atoms with Crippen LogP contribution in [-0.2, 0) is 6.18 Å². The van der Waals surface area contributed by atoms with Crippen LogP contribution in [0.25, 0.3) is 5.82 Å². The highest BCUT2D eigenvalue weighted by molar-refractivity contribution is 5.95. The van der Waals surface area contributed by atoms with Gasteiger partial charge < -0.3 is 11.1 Å². The fraction of sp³-hybridized carbons (Fsp3) is 0.526. The summed E-state index contributed by atoms with van der Waals surface area (Å²) >= 11 is 0. The molecule has 1 atom stereocenters. The third kappa shape index (κ3) is 6.17. The van der Waals surface area contributed by atoms with Crippen molar-refractivity contribution in [2.24, 2.45) is 5.73 Å². The maximum absolute atomic E-state index is 12.8. The average Bonchev–Trinajstić information content (AvgIpc) is 3.10. The van der Waals surface area contributed by atoms with Gasteiger partial charge in [0.15, 0.2) is 5.82 Å². The number of carbonyl (C=O) groups excluding carboxylic acids is 1. The molecule has 10 heteroatoms. The first-order valence-corrected chi connectivity index (χ1v) is 9.31. The first kappa shape index (κ1) is 24.9. The van der Waals surface area contributed by atoms with Crippen molar-refractivity contribution in [1.82, 2.24) is 20.1 Å². The van der Waals surface area contributed by atoms with Crippen molar-refractivity contribution >= 4 is 18.3 Å². The molecule has 2 aromatic heterocycles. The van der Waals surface area contributed by atoms with Gasteiger partial charge in [-0.1, -0.05) is 33.6 Å². The highest BCUT2D eigenvalue weighted by atomic mass is 35.5. The van der Waals surface area contributed by atoms with E-state index >= 15 is 0 Å². The Morgan fingerprint density at radius 2 is 1.97 bits per heavy atom. The van der Waals surface area contributed by atoms with E-state index in [1.54, 1.807) is 0 Å². The Labute approximate surface area is 174 Å². The Kier molecular flexibility index (Phi) is 9.10. The number of hydrogen-bond donors (Lipinski definition) is 2. The highest BCUT2D eigenvalue weighted by Gasteiger charge is 2.31. The lowest BCUT2D eigenvalue weighted by atomic mass is 10.0. The van der Waals surface area contributed by atoms with E-state index < -0.39 is 11.7 Å². The average molecular weight is 434 g/mol. The van der Waals surface area contributed by atoms with Gasteiger partial charge in [-0.05, 0) is 24.5 Å². The largest absolute Gasteiger partial charge is 0.417 e. The second kappa shape index (κ2) is 10.6. The molecule has 1 unspecified atom stereocenters. The molecule has 0 fully saturated rings. The van der Waals surface area contributed by atoms with Gasteiger partial charge in [0.1, 0.15) is 0 Å². The van der Waals surface area contributed by atoms with E-state index in [1.165, 1.54) is 16.9 Å².